The molecule has 0 fully saturated rings. The summed E-state index contributed by atoms with van der Waals surface area (Å²) in [5.74, 6) is 0.476. The van der Waals surface area contributed by atoms with Gasteiger partial charge in [-0.1, -0.05) is 24.3 Å². The maximum atomic E-state index is 11.0. The molecule has 11 heterocycles. The Bertz CT molecular complexity index is 4120. The van der Waals surface area contributed by atoms with Gasteiger partial charge in [-0.3, -0.25) is 75.6 Å². The minimum atomic E-state index is -0.833. The van der Waals surface area contributed by atoms with E-state index in [1.807, 2.05) is 54.6 Å². The summed E-state index contributed by atoms with van der Waals surface area (Å²) in [6.45, 7) is 6.32. The molecule has 0 unspecified atom stereocenters. The summed E-state index contributed by atoms with van der Waals surface area (Å²) in [5.41, 5.74) is 39.3. The van der Waals surface area contributed by atoms with E-state index in [1.54, 1.807) is 116 Å². The van der Waals surface area contributed by atoms with Crippen LogP contribution < -0.4 is 73.4 Å². The van der Waals surface area contributed by atoms with E-state index < -0.39 is 17.9 Å². The molecule has 0 bridgehead atoms. The number of nitriles is 2. The van der Waals surface area contributed by atoms with Crippen LogP contribution in [-0.4, -0.2) is 124 Å². The molecule has 9 aromatic heterocycles. The topological polar surface area (TPSA) is 622 Å². The number of carbonyl (C=O) groups is 5. The molecule has 11 rings (SSSR count). The second-order valence-corrected chi connectivity index (χ2v) is 17.3. The van der Waals surface area contributed by atoms with Crippen LogP contribution in [0.4, 0.5) is 22.7 Å². The second-order valence-electron chi connectivity index (χ2n) is 17.3. The zero-order chi connectivity index (χ0) is 70.5. The Kier molecular flexibility index (Phi) is 39.4. The van der Waals surface area contributed by atoms with E-state index >= 15 is 0 Å². The molecule has 98 heavy (non-hydrogen) atoms. The number of nitrogens with one attached hydrogen (secondary N) is 8. The predicted molar refractivity (Wildman–Crippen MR) is 351 cm³/mol. The van der Waals surface area contributed by atoms with Gasteiger partial charge in [0.2, 0.25) is 23.5 Å². The van der Waals surface area contributed by atoms with Crippen LogP contribution in [0.3, 0.4) is 0 Å². The molecule has 2 aliphatic heterocycles. The number of aromatic nitrogens is 12. The summed E-state index contributed by atoms with van der Waals surface area (Å²) < 4.78 is 3.97. The molecule has 0 radical (unpaired) electrons. The fraction of sp³-hybridized carbons (Fsp3) is 0.0862. The van der Waals surface area contributed by atoms with Gasteiger partial charge in [0.05, 0.1) is 47.5 Å². The number of carboxylic acids is 1. The Morgan fingerprint density at radius 1 is 0.490 bits per heavy atom. The SMILES string of the molecule is CC(=O)Nc1ccc(-c2nnc(-c3ccccn3)nn2)nc1.CC(=O)Nc1ccc(C2=NNC(c3ccccn3)=NN2)nc1.CC(=O)O.CC(=O)OC(C)=O.N#Cc1ccc(N)cn1.N#Cc1ccccn1.N=N.Nc1ccc(C2=NNC(c3ccccn3)=NN2)nc1.O.O=N[O-].[HH].[Na+]. The molecule has 39 nitrogen and oxygen atoms in total. The molecule has 0 saturated heterocycles. The minimum absolute atomic E-state index is 0. The van der Waals surface area contributed by atoms with Gasteiger partial charge in [-0.2, -0.15) is 30.9 Å². The number of nitrogens with two attached hydrogens (primary N) is 2. The van der Waals surface area contributed by atoms with E-state index in [2.05, 4.69) is 118 Å². The van der Waals surface area contributed by atoms with Crippen LogP contribution in [-0.2, 0) is 28.7 Å². The predicted octanol–water partition coefficient (Wildman–Crippen LogP) is 1.22. The van der Waals surface area contributed by atoms with Crippen LogP contribution >= 0.6 is 0 Å². The average molecular weight is 1350 g/mol. The number of nitrogens with zero attached hydrogens (tertiary/aromatic N) is 19. The number of hydrazone groups is 4. The molecule has 2 aliphatic rings. The average Bonchev–Trinajstić information content (AvgIpc) is 0.865. The van der Waals surface area contributed by atoms with Crippen molar-refractivity contribution in [1.82, 2.24) is 82.0 Å². The summed E-state index contributed by atoms with van der Waals surface area (Å²) in [6, 6.07) is 39.2. The molecule has 498 valence electrons. The van der Waals surface area contributed by atoms with Crippen LogP contribution in [0.5, 0.6) is 0 Å². The molecular formula is C58H60N29NaO10. The summed E-state index contributed by atoms with van der Waals surface area (Å²) >= 11 is 0. The number of rotatable bonds is 8. The molecule has 40 heteroatoms. The molecule has 15 N–H and O–H groups in total. The zero-order valence-electron chi connectivity index (χ0n) is 52.5. The first kappa shape index (κ1) is 82.1. The molecule has 0 atom stereocenters. The first-order valence-electron chi connectivity index (χ1n) is 26.7. The van der Waals surface area contributed by atoms with Gasteiger partial charge in [0.25, 0.3) is 5.97 Å². The van der Waals surface area contributed by atoms with Gasteiger partial charge in [0, 0.05) is 60.8 Å². The van der Waals surface area contributed by atoms with Gasteiger partial charge < -0.3 is 47.5 Å². The number of aliphatic carboxylic acids is 1. The monoisotopic (exact) mass is 1350 g/mol. The van der Waals surface area contributed by atoms with Crippen molar-refractivity contribution >= 4 is 75.8 Å². The number of carboxylic acid groups (broad SMARTS) is 1. The van der Waals surface area contributed by atoms with Crippen molar-refractivity contribution in [2.75, 3.05) is 22.1 Å². The van der Waals surface area contributed by atoms with Crippen molar-refractivity contribution in [3.05, 3.63) is 215 Å². The Morgan fingerprint density at radius 2 is 0.796 bits per heavy atom. The fourth-order valence-corrected chi connectivity index (χ4v) is 6.19. The van der Waals surface area contributed by atoms with Gasteiger partial charge in [-0.15, -0.1) is 25.7 Å². The number of carbonyl (C=O) groups excluding carboxylic acids is 4. The summed E-state index contributed by atoms with van der Waals surface area (Å²) in [4.78, 5) is 91.0. The number of pyridine rings is 8. The Labute approximate surface area is 579 Å². The van der Waals surface area contributed by atoms with Crippen molar-refractivity contribution in [3.63, 3.8) is 0 Å². The number of esters is 2. The third kappa shape index (κ3) is 32.9. The van der Waals surface area contributed by atoms with Gasteiger partial charge in [0.15, 0.2) is 23.3 Å². The van der Waals surface area contributed by atoms with E-state index in [0.717, 1.165) is 12.3 Å². The summed E-state index contributed by atoms with van der Waals surface area (Å²) in [6.07, 6.45) is 12.7. The van der Waals surface area contributed by atoms with Crippen molar-refractivity contribution in [2.24, 2.45) is 25.7 Å². The van der Waals surface area contributed by atoms with Crippen LogP contribution in [0.2, 0.25) is 0 Å². The van der Waals surface area contributed by atoms with E-state index in [9.17, 15) is 19.2 Å². The number of hydrogen-bond donors (Lipinski definition) is 11. The molecule has 0 saturated carbocycles. The van der Waals surface area contributed by atoms with Crippen LogP contribution in [0.15, 0.2) is 197 Å². The third-order valence-corrected chi connectivity index (χ3v) is 9.92. The van der Waals surface area contributed by atoms with Crippen molar-refractivity contribution in [1.29, 1.82) is 21.6 Å². The zero-order valence-corrected chi connectivity index (χ0v) is 54.5. The maximum Gasteiger partial charge on any atom is 1.00 e. The van der Waals surface area contributed by atoms with Crippen molar-refractivity contribution in [3.8, 4) is 35.2 Å². The van der Waals surface area contributed by atoms with E-state index in [0.29, 0.717) is 103 Å². The summed E-state index contributed by atoms with van der Waals surface area (Å²) in [7, 11) is 0. The molecular weight excluding hydrogens is 1290 g/mol. The smallest absolute Gasteiger partial charge is 0.481 e. The number of hydrogen-bond acceptors (Lipinski definition) is 35. The number of ether oxygens (including phenoxy) is 1. The van der Waals surface area contributed by atoms with Gasteiger partial charge in [-0.05, 0) is 97.1 Å². The third-order valence-electron chi connectivity index (χ3n) is 9.92. The largest absolute Gasteiger partial charge is 1.00 e. The minimum Gasteiger partial charge on any atom is -0.481 e. The summed E-state index contributed by atoms with van der Waals surface area (Å²) in [5, 5.41) is 70.9. The standard InChI is InChI=1S/C14H13N7O.C14H11N7O.C12H11N7.C6H5N3.C6H4N2.C4H6O3.C2H4O2.H2N2.HNO2.Na.H2O.H2/c2*1-9(22)17-10-5-6-12(16-8-10)14-20-18-13(19-21-14)11-4-2-3-7-15-11;13-8-4-5-10(15-7-8)12-18-16-11(17-19-12)9-3-1-2-6-14-9;7-3-6-2-1-5(8)4-9-6;7-5-6-3-1-2-4-8-6;1-3(5)7-4(2)6;1-2(3)4;1-2;2-1-3;;;/h2-8H,1H3,(H,17,22)(H,18,19)(H,20,21);2-8H,1H3,(H,17,22);1-7H,13H2,(H,16,17)(H,18,19);1-2,4H,8H2;1-4H;1-2H3;1H3,(H,3,4);1-2H;(H,2,3);;1H2;1H/q;;;;;;;;;+1;;/p-1. The van der Waals surface area contributed by atoms with Gasteiger partial charge in [0.1, 0.15) is 57.7 Å². The van der Waals surface area contributed by atoms with Crippen LogP contribution in [0, 0.1) is 43.8 Å². The van der Waals surface area contributed by atoms with Gasteiger partial charge >= 0.3 is 41.5 Å². The maximum absolute atomic E-state index is 11.0. The van der Waals surface area contributed by atoms with E-state index in [4.69, 9.17) is 53.1 Å². The fourth-order valence-electron chi connectivity index (χ4n) is 6.19. The quantitative estimate of drug-likeness (QED) is 0.0254. The Balaban J connectivity index is 0.00000118. The first-order chi connectivity index (χ1) is 46.3. The molecule has 2 amide bonds. The van der Waals surface area contributed by atoms with Gasteiger partial charge in [-0.25, -0.2) is 21.0 Å². The second kappa shape index (κ2) is 47.1. The van der Waals surface area contributed by atoms with E-state index in [-0.39, 0.29) is 48.3 Å². The molecule has 9 aromatic rings. The number of amidine groups is 4. The molecule has 0 aliphatic carbocycles. The first-order valence-corrected chi connectivity index (χ1v) is 26.7. The molecule has 0 spiro atoms. The molecule has 0 aromatic carbocycles. The normalized spacial score (nSPS) is 10.4. The Hall–Kier alpha value is -13.9. The van der Waals surface area contributed by atoms with Crippen molar-refractivity contribution < 1.29 is 70.3 Å². The number of anilines is 4. The van der Waals surface area contributed by atoms with Crippen LogP contribution in [0.1, 0.15) is 70.2 Å². The number of nitrogen functional groups attached to an aromatic ring is 2. The van der Waals surface area contributed by atoms with E-state index in [1.165, 1.54) is 40.1 Å². The Morgan fingerprint density at radius 3 is 1.05 bits per heavy atom. The van der Waals surface area contributed by atoms with Crippen LogP contribution in [0.25, 0.3) is 23.0 Å². The number of amides is 2. The van der Waals surface area contributed by atoms with Crippen molar-refractivity contribution in [2.45, 2.75) is 34.6 Å².